The van der Waals surface area contributed by atoms with E-state index in [1.54, 1.807) is 5.38 Å². The lowest BCUT2D eigenvalue weighted by molar-refractivity contribution is -0.147. The van der Waals surface area contributed by atoms with Crippen LogP contribution in [-0.4, -0.2) is 22.9 Å². The smallest absolute Gasteiger partial charge is 0.307 e. The van der Waals surface area contributed by atoms with Crippen molar-refractivity contribution in [2.75, 3.05) is 0 Å². The minimum Gasteiger partial charge on any atom is -0.481 e. The van der Waals surface area contributed by atoms with E-state index >= 15 is 0 Å². The van der Waals surface area contributed by atoms with Crippen molar-refractivity contribution in [3.8, 4) is 0 Å². The van der Waals surface area contributed by atoms with Gasteiger partial charge in [-0.3, -0.25) is 25.2 Å². The van der Waals surface area contributed by atoms with Crippen LogP contribution in [0.1, 0.15) is 54.4 Å². The zero-order chi connectivity index (χ0) is 18.7. The first kappa shape index (κ1) is 19.2. The average Bonchev–Trinajstić information content (AvgIpc) is 2.94. The Bertz CT molecular complexity index is 735. The Morgan fingerprint density at radius 3 is 2.28 bits per heavy atom. The minimum atomic E-state index is -0.986. The van der Waals surface area contributed by atoms with E-state index in [-0.39, 0.29) is 5.91 Å². The second kappa shape index (κ2) is 7.82. The molecule has 0 saturated carbocycles. The highest BCUT2D eigenvalue weighted by Crippen LogP contribution is 2.34. The molecule has 0 fully saturated rings. The van der Waals surface area contributed by atoms with Gasteiger partial charge in [0, 0.05) is 10.3 Å². The second-order valence-corrected chi connectivity index (χ2v) is 7.58. The standard InChI is InChI=1S/C18H24N2O4S/c1-5-12-11(4)25-8-15(12)17(22)20-19-16(21)13-6-9(2)10(3)7-14(13)18(23)24/h8,13-14H,5-7H2,1-4H3,(H,19,21)(H,20,22)(H,23,24)/t13-,14+/m1/s1. The van der Waals surface area contributed by atoms with E-state index in [0.29, 0.717) is 18.4 Å². The first-order valence-electron chi connectivity index (χ1n) is 8.31. The topological polar surface area (TPSA) is 95.5 Å². The van der Waals surface area contributed by atoms with Crippen molar-refractivity contribution in [3.05, 3.63) is 32.5 Å². The number of carboxylic acids is 1. The molecular weight excluding hydrogens is 340 g/mol. The van der Waals surface area contributed by atoms with Crippen molar-refractivity contribution in [2.24, 2.45) is 11.8 Å². The monoisotopic (exact) mass is 364 g/mol. The fourth-order valence-electron chi connectivity index (χ4n) is 3.22. The van der Waals surface area contributed by atoms with Gasteiger partial charge in [0.1, 0.15) is 0 Å². The largest absolute Gasteiger partial charge is 0.481 e. The number of aliphatic carboxylic acids is 1. The van der Waals surface area contributed by atoms with Crippen molar-refractivity contribution in [3.63, 3.8) is 0 Å². The van der Waals surface area contributed by atoms with Crippen LogP contribution in [0.15, 0.2) is 16.5 Å². The van der Waals surface area contributed by atoms with Crippen molar-refractivity contribution in [1.29, 1.82) is 0 Å². The highest BCUT2D eigenvalue weighted by atomic mass is 32.1. The Morgan fingerprint density at radius 1 is 1.12 bits per heavy atom. The third kappa shape index (κ3) is 4.10. The fraction of sp³-hybridized carbons (Fsp3) is 0.500. The summed E-state index contributed by atoms with van der Waals surface area (Å²) in [5, 5.41) is 11.2. The Morgan fingerprint density at radius 2 is 1.72 bits per heavy atom. The number of hydrogen-bond donors (Lipinski definition) is 3. The van der Waals surface area contributed by atoms with Crippen LogP contribution in [0.5, 0.6) is 0 Å². The molecule has 2 rings (SSSR count). The van der Waals surface area contributed by atoms with Gasteiger partial charge in [0.15, 0.2) is 0 Å². The number of thiophene rings is 1. The molecule has 0 spiro atoms. The Labute approximate surface area is 151 Å². The summed E-state index contributed by atoms with van der Waals surface area (Å²) in [5.41, 5.74) is 8.41. The van der Waals surface area contributed by atoms with Crippen molar-refractivity contribution < 1.29 is 19.5 Å². The maximum Gasteiger partial charge on any atom is 0.307 e. The van der Waals surface area contributed by atoms with E-state index in [0.717, 1.165) is 28.0 Å². The van der Waals surface area contributed by atoms with Gasteiger partial charge in [0.2, 0.25) is 5.91 Å². The summed E-state index contributed by atoms with van der Waals surface area (Å²) < 4.78 is 0. The molecule has 1 aromatic heterocycles. The number of carboxylic acid groups (broad SMARTS) is 1. The summed E-state index contributed by atoms with van der Waals surface area (Å²) in [6.45, 7) is 7.73. The minimum absolute atomic E-state index is 0.358. The normalized spacial score (nSPS) is 20.3. The quantitative estimate of drug-likeness (QED) is 0.565. The van der Waals surface area contributed by atoms with Gasteiger partial charge in [-0.15, -0.1) is 11.3 Å². The summed E-state index contributed by atoms with van der Waals surface area (Å²) >= 11 is 1.49. The Hall–Kier alpha value is -2.15. The Kier molecular flexibility index (Phi) is 6.00. The molecule has 1 aliphatic rings. The lowest BCUT2D eigenvalue weighted by atomic mass is 9.76. The SMILES string of the molecule is CCc1c(C(=O)NNC(=O)[C@@H]2CC(C)=C(C)C[C@@H]2C(=O)O)csc1C. The molecule has 0 saturated heterocycles. The molecule has 1 aromatic rings. The van der Waals surface area contributed by atoms with Crippen LogP contribution in [0.2, 0.25) is 0 Å². The van der Waals surface area contributed by atoms with Crippen LogP contribution in [0.4, 0.5) is 0 Å². The van der Waals surface area contributed by atoms with Gasteiger partial charge in [-0.1, -0.05) is 18.1 Å². The van der Waals surface area contributed by atoms with E-state index in [4.69, 9.17) is 0 Å². The Balaban J connectivity index is 2.06. The van der Waals surface area contributed by atoms with Crippen LogP contribution < -0.4 is 10.9 Å². The van der Waals surface area contributed by atoms with Crippen LogP contribution in [0, 0.1) is 18.8 Å². The zero-order valence-electron chi connectivity index (χ0n) is 14.9. The summed E-state index contributed by atoms with van der Waals surface area (Å²) in [6, 6.07) is 0. The predicted molar refractivity (Wildman–Crippen MR) is 96.3 cm³/mol. The number of nitrogens with one attached hydrogen (secondary N) is 2. The number of allylic oxidation sites excluding steroid dienone is 2. The molecule has 136 valence electrons. The number of hydrazine groups is 1. The molecule has 25 heavy (non-hydrogen) atoms. The highest BCUT2D eigenvalue weighted by molar-refractivity contribution is 7.10. The van der Waals surface area contributed by atoms with Crippen molar-refractivity contribution in [1.82, 2.24) is 10.9 Å². The molecule has 0 aliphatic heterocycles. The van der Waals surface area contributed by atoms with Crippen molar-refractivity contribution >= 4 is 29.1 Å². The van der Waals surface area contributed by atoms with E-state index in [1.165, 1.54) is 11.3 Å². The number of carbonyl (C=O) groups is 3. The second-order valence-electron chi connectivity index (χ2n) is 6.50. The van der Waals surface area contributed by atoms with Gasteiger partial charge in [0.25, 0.3) is 5.91 Å². The van der Waals surface area contributed by atoms with Gasteiger partial charge in [0.05, 0.1) is 17.4 Å². The summed E-state index contributed by atoms with van der Waals surface area (Å²) in [6.07, 6.45) is 1.48. The number of rotatable bonds is 4. The first-order chi connectivity index (χ1) is 11.8. The first-order valence-corrected chi connectivity index (χ1v) is 9.19. The third-order valence-corrected chi connectivity index (χ3v) is 5.87. The lowest BCUT2D eigenvalue weighted by Crippen LogP contribution is -2.48. The predicted octanol–water partition coefficient (Wildman–Crippen LogP) is 2.83. The molecule has 0 aromatic carbocycles. The van der Waals surface area contributed by atoms with Crippen LogP contribution in [-0.2, 0) is 16.0 Å². The van der Waals surface area contributed by atoms with Gasteiger partial charge in [-0.05, 0) is 45.6 Å². The summed E-state index contributed by atoms with van der Waals surface area (Å²) in [7, 11) is 0. The van der Waals surface area contributed by atoms with Gasteiger partial charge >= 0.3 is 5.97 Å². The number of amides is 2. The molecule has 0 radical (unpaired) electrons. The molecule has 0 unspecified atom stereocenters. The molecule has 2 atom stereocenters. The van der Waals surface area contributed by atoms with Gasteiger partial charge in [-0.25, -0.2) is 0 Å². The molecular formula is C18H24N2O4S. The van der Waals surface area contributed by atoms with E-state index in [1.807, 2.05) is 27.7 Å². The fourth-order valence-corrected chi connectivity index (χ4v) is 4.16. The van der Waals surface area contributed by atoms with E-state index < -0.39 is 23.7 Å². The van der Waals surface area contributed by atoms with Crippen molar-refractivity contribution in [2.45, 2.75) is 47.0 Å². The number of aryl methyl sites for hydroxylation is 1. The third-order valence-electron chi connectivity index (χ3n) is 4.92. The summed E-state index contributed by atoms with van der Waals surface area (Å²) in [4.78, 5) is 37.3. The molecule has 6 nitrogen and oxygen atoms in total. The molecule has 3 N–H and O–H groups in total. The number of hydrogen-bond acceptors (Lipinski definition) is 4. The summed E-state index contributed by atoms with van der Waals surface area (Å²) in [5.74, 6) is -3.27. The van der Waals surface area contributed by atoms with Crippen LogP contribution >= 0.6 is 11.3 Å². The average molecular weight is 364 g/mol. The van der Waals surface area contributed by atoms with Crippen LogP contribution in [0.25, 0.3) is 0 Å². The zero-order valence-corrected chi connectivity index (χ0v) is 15.8. The lowest BCUT2D eigenvalue weighted by Gasteiger charge is -2.29. The van der Waals surface area contributed by atoms with Gasteiger partial charge in [-0.2, -0.15) is 0 Å². The number of carbonyl (C=O) groups excluding carboxylic acids is 2. The molecule has 7 heteroatoms. The highest BCUT2D eigenvalue weighted by Gasteiger charge is 2.37. The maximum absolute atomic E-state index is 12.5. The van der Waals surface area contributed by atoms with Gasteiger partial charge < -0.3 is 5.11 Å². The molecule has 1 heterocycles. The van der Waals surface area contributed by atoms with E-state index in [9.17, 15) is 19.5 Å². The molecule has 2 amide bonds. The maximum atomic E-state index is 12.5. The molecule has 0 bridgehead atoms. The van der Waals surface area contributed by atoms with E-state index in [2.05, 4.69) is 10.9 Å². The van der Waals surface area contributed by atoms with Crippen LogP contribution in [0.3, 0.4) is 0 Å². The molecule has 1 aliphatic carbocycles.